The summed E-state index contributed by atoms with van der Waals surface area (Å²) in [5.41, 5.74) is 2.19. The van der Waals surface area contributed by atoms with Crippen LogP contribution in [0.5, 0.6) is 0 Å². The molecule has 1 amide bonds. The lowest BCUT2D eigenvalue weighted by Crippen LogP contribution is -2.54. The molecule has 0 aromatic heterocycles. The van der Waals surface area contributed by atoms with Gasteiger partial charge in [0.1, 0.15) is 6.29 Å². The average Bonchev–Trinajstić information content (AvgIpc) is 3.11. The minimum atomic E-state index is -1.23. The van der Waals surface area contributed by atoms with Gasteiger partial charge in [-0.1, -0.05) is 91.9 Å². The first-order valence-electron chi connectivity index (χ1n) is 10.8. The van der Waals surface area contributed by atoms with Gasteiger partial charge in [-0.05, 0) is 28.7 Å². The van der Waals surface area contributed by atoms with Crippen LogP contribution in [-0.4, -0.2) is 18.0 Å². The molecule has 0 bridgehead atoms. The molecule has 5 rings (SSSR count). The number of benzene rings is 3. The van der Waals surface area contributed by atoms with Gasteiger partial charge in [0.15, 0.2) is 5.78 Å². The Labute approximate surface area is 187 Å². The van der Waals surface area contributed by atoms with Crippen LogP contribution in [0.1, 0.15) is 34.3 Å². The second-order valence-electron chi connectivity index (χ2n) is 8.56. The number of carbonyl (C=O) groups is 3. The predicted octanol–water partition coefficient (Wildman–Crippen LogP) is 4.93. The van der Waals surface area contributed by atoms with Crippen molar-refractivity contribution < 1.29 is 14.4 Å². The lowest BCUT2D eigenvalue weighted by molar-refractivity contribution is -0.123. The topological polar surface area (TPSA) is 63.2 Å². The summed E-state index contributed by atoms with van der Waals surface area (Å²) in [6.45, 7) is 1.92. The summed E-state index contributed by atoms with van der Waals surface area (Å²) in [4.78, 5) is 40.2. The van der Waals surface area contributed by atoms with Crippen molar-refractivity contribution in [3.05, 3.63) is 113 Å². The summed E-state index contributed by atoms with van der Waals surface area (Å²) < 4.78 is 0. The number of fused-ring (bicyclic) bond motifs is 2. The molecule has 4 nitrogen and oxygen atoms in total. The lowest BCUT2D eigenvalue weighted by Gasteiger charge is -2.47. The van der Waals surface area contributed by atoms with Crippen LogP contribution in [0.2, 0.25) is 0 Å². The van der Waals surface area contributed by atoms with Crippen LogP contribution in [0.15, 0.2) is 96.6 Å². The van der Waals surface area contributed by atoms with Crippen LogP contribution >= 0.6 is 0 Å². The highest BCUT2D eigenvalue weighted by atomic mass is 16.2. The largest absolute Gasteiger partial charge is 0.325 e. The summed E-state index contributed by atoms with van der Waals surface area (Å²) >= 11 is 0. The summed E-state index contributed by atoms with van der Waals surface area (Å²) in [5, 5.41) is 3.02. The third kappa shape index (κ3) is 2.79. The number of nitrogens with one attached hydrogen (secondary N) is 1. The first kappa shape index (κ1) is 20.1. The molecule has 3 aromatic carbocycles. The quantitative estimate of drug-likeness (QED) is 0.480. The van der Waals surface area contributed by atoms with Gasteiger partial charge in [0.25, 0.3) is 0 Å². The Kier molecular flexibility index (Phi) is 4.86. The molecule has 0 fully saturated rings. The highest BCUT2D eigenvalue weighted by Gasteiger charge is 2.63. The number of carbonyl (C=O) groups excluding carboxylic acids is 3. The third-order valence-corrected chi connectivity index (χ3v) is 6.87. The van der Waals surface area contributed by atoms with Gasteiger partial charge in [-0.3, -0.25) is 14.4 Å². The van der Waals surface area contributed by atoms with Crippen molar-refractivity contribution in [3.8, 4) is 0 Å². The summed E-state index contributed by atoms with van der Waals surface area (Å²) in [6, 6.07) is 26.2. The van der Waals surface area contributed by atoms with Crippen LogP contribution in [0, 0.1) is 11.8 Å². The van der Waals surface area contributed by atoms with Gasteiger partial charge in [0.2, 0.25) is 5.91 Å². The van der Waals surface area contributed by atoms with Crippen LogP contribution in [0.4, 0.5) is 5.69 Å². The lowest BCUT2D eigenvalue weighted by atomic mass is 9.52. The number of hydrogen-bond donors (Lipinski definition) is 1. The number of Topliss-reactive ketones (excluding diaryl/α,β-unsaturated/α-hetero) is 1. The van der Waals surface area contributed by atoms with Crippen LogP contribution in [-0.2, 0) is 15.0 Å². The molecule has 3 aromatic rings. The van der Waals surface area contributed by atoms with Crippen molar-refractivity contribution >= 4 is 23.7 Å². The van der Waals surface area contributed by atoms with E-state index in [2.05, 4.69) is 5.32 Å². The third-order valence-electron chi connectivity index (χ3n) is 6.87. The molecule has 0 saturated heterocycles. The predicted molar refractivity (Wildman–Crippen MR) is 124 cm³/mol. The number of aldehydes is 1. The molecule has 2 aliphatic rings. The summed E-state index contributed by atoms with van der Waals surface area (Å²) in [5.74, 6) is -1.87. The Morgan fingerprint density at radius 1 is 0.906 bits per heavy atom. The van der Waals surface area contributed by atoms with Crippen molar-refractivity contribution in [1.29, 1.82) is 0 Å². The Hall–Kier alpha value is -3.79. The number of hydrogen-bond acceptors (Lipinski definition) is 3. The maximum absolute atomic E-state index is 14.0. The smallest absolute Gasteiger partial charge is 0.236 e. The van der Waals surface area contributed by atoms with Gasteiger partial charge in [0.05, 0.1) is 5.41 Å². The van der Waals surface area contributed by atoms with Gasteiger partial charge in [-0.25, -0.2) is 0 Å². The van der Waals surface area contributed by atoms with E-state index in [4.69, 9.17) is 0 Å². The standard InChI is InChI=1S/C28H23NO3/c1-18-16-21(17-30)25(19-10-4-2-5-11-19)28(22-14-8-9-15-23(22)29-27(28)32)24(18)26(31)20-12-6-3-7-13-20/h2-18,24-25H,1H3,(H,29,32)/t18-,24-,25+,28+/m0/s1. The summed E-state index contributed by atoms with van der Waals surface area (Å²) in [7, 11) is 0. The van der Waals surface area contributed by atoms with Crippen molar-refractivity contribution in [1.82, 2.24) is 0 Å². The zero-order valence-electron chi connectivity index (χ0n) is 17.7. The average molecular weight is 421 g/mol. The van der Waals surface area contributed by atoms with Gasteiger partial charge in [-0.15, -0.1) is 0 Å². The highest BCUT2D eigenvalue weighted by molar-refractivity contribution is 6.13. The number of rotatable bonds is 4. The van der Waals surface area contributed by atoms with E-state index < -0.39 is 17.3 Å². The number of ketones is 1. The van der Waals surface area contributed by atoms with Crippen molar-refractivity contribution in [3.63, 3.8) is 0 Å². The molecule has 0 unspecified atom stereocenters. The molecule has 1 aliphatic carbocycles. The van der Waals surface area contributed by atoms with Crippen LogP contribution < -0.4 is 5.32 Å². The number of para-hydroxylation sites is 1. The first-order chi connectivity index (χ1) is 15.6. The van der Waals surface area contributed by atoms with E-state index >= 15 is 0 Å². The van der Waals surface area contributed by atoms with E-state index in [1.165, 1.54) is 0 Å². The van der Waals surface area contributed by atoms with Crippen LogP contribution in [0.3, 0.4) is 0 Å². The zero-order chi connectivity index (χ0) is 22.3. The van der Waals surface area contributed by atoms with E-state index in [1.54, 1.807) is 12.1 Å². The number of anilines is 1. The molecule has 1 N–H and O–H groups in total. The van der Waals surface area contributed by atoms with Crippen molar-refractivity contribution in [2.24, 2.45) is 11.8 Å². The van der Waals surface area contributed by atoms with Gasteiger partial charge in [-0.2, -0.15) is 0 Å². The van der Waals surface area contributed by atoms with Gasteiger partial charge >= 0.3 is 0 Å². The second-order valence-corrected chi connectivity index (χ2v) is 8.56. The molecule has 1 spiro atoms. The van der Waals surface area contributed by atoms with E-state index in [1.807, 2.05) is 85.8 Å². The molecule has 1 heterocycles. The highest BCUT2D eigenvalue weighted by Crippen LogP contribution is 2.59. The van der Waals surface area contributed by atoms with Crippen LogP contribution in [0.25, 0.3) is 0 Å². The van der Waals surface area contributed by atoms with Gasteiger partial charge in [0, 0.05) is 23.1 Å². The molecule has 32 heavy (non-hydrogen) atoms. The minimum absolute atomic E-state index is 0.0907. The fraction of sp³-hybridized carbons (Fsp3) is 0.179. The van der Waals surface area contributed by atoms with Crippen molar-refractivity contribution in [2.45, 2.75) is 18.3 Å². The molecule has 0 radical (unpaired) electrons. The SMILES string of the molecule is C[C@H]1C=C(C=O)[C@@H](c2ccccc2)[C@]2(C(=O)Nc3ccccc32)[C@@H]1C(=O)c1ccccc1. The second kappa shape index (κ2) is 7.72. The maximum Gasteiger partial charge on any atom is 0.236 e. The molecular weight excluding hydrogens is 398 g/mol. The number of amides is 1. The fourth-order valence-corrected chi connectivity index (χ4v) is 5.69. The van der Waals surface area contributed by atoms with E-state index in [-0.39, 0.29) is 17.6 Å². The maximum atomic E-state index is 14.0. The van der Waals surface area contributed by atoms with E-state index in [0.717, 1.165) is 17.4 Å². The Morgan fingerprint density at radius 2 is 1.53 bits per heavy atom. The van der Waals surface area contributed by atoms with Crippen molar-refractivity contribution in [2.75, 3.05) is 5.32 Å². The van der Waals surface area contributed by atoms with E-state index in [9.17, 15) is 14.4 Å². The van der Waals surface area contributed by atoms with E-state index in [0.29, 0.717) is 16.8 Å². The fourth-order valence-electron chi connectivity index (χ4n) is 5.69. The number of allylic oxidation sites excluding steroid dienone is 2. The molecular formula is C28H23NO3. The normalized spacial score (nSPS) is 26.2. The first-order valence-corrected chi connectivity index (χ1v) is 10.8. The Morgan fingerprint density at radius 3 is 2.22 bits per heavy atom. The molecule has 4 heteroatoms. The zero-order valence-corrected chi connectivity index (χ0v) is 17.7. The molecule has 158 valence electrons. The molecule has 1 aliphatic heterocycles. The Bertz CT molecular complexity index is 1230. The monoisotopic (exact) mass is 421 g/mol. The molecule has 0 saturated carbocycles. The van der Waals surface area contributed by atoms with Gasteiger partial charge < -0.3 is 5.32 Å². The molecule has 4 atom stereocenters. The Balaban J connectivity index is 1.84. The minimum Gasteiger partial charge on any atom is -0.325 e. The summed E-state index contributed by atoms with van der Waals surface area (Å²) in [6.07, 6.45) is 2.71.